The van der Waals surface area contributed by atoms with Gasteiger partial charge >= 0.3 is 0 Å². The predicted molar refractivity (Wildman–Crippen MR) is 128 cm³/mol. The van der Waals surface area contributed by atoms with E-state index in [1.54, 1.807) is 0 Å². The van der Waals surface area contributed by atoms with Gasteiger partial charge in [0.1, 0.15) is 0 Å². The molecule has 1 fully saturated rings. The molecule has 4 nitrogen and oxygen atoms in total. The second kappa shape index (κ2) is 9.27. The third kappa shape index (κ3) is 4.85. The van der Waals surface area contributed by atoms with E-state index in [-0.39, 0.29) is 23.9 Å². The molecule has 1 atom stereocenters. The Kier molecular flexibility index (Phi) is 6.47. The van der Waals surface area contributed by atoms with Gasteiger partial charge in [-0.25, -0.2) is 0 Å². The quantitative estimate of drug-likeness (QED) is 0.561. The molecule has 1 aromatic heterocycles. The van der Waals surface area contributed by atoms with Gasteiger partial charge in [-0.1, -0.05) is 48.0 Å². The second-order valence-electron chi connectivity index (χ2n) is 9.45. The standard InChI is InChI=1S/C27H35N3O/c1-18(2)30-17-25(23-9-4-5-10-26(23)30)24(20-8-6-7-19(3)15-20)16-27(31)29-22-13-11-21(28)12-14-22/h4-10,15,17-18,21-22,24H,11-14,16,28H2,1-3H3,(H,29,31)/t21-,22-,24?. The van der Waals surface area contributed by atoms with Crippen LogP contribution in [0.15, 0.2) is 54.7 Å². The lowest BCUT2D eigenvalue weighted by Gasteiger charge is -2.27. The number of amides is 1. The van der Waals surface area contributed by atoms with Crippen LogP contribution in [0.5, 0.6) is 0 Å². The summed E-state index contributed by atoms with van der Waals surface area (Å²) < 4.78 is 2.33. The fraction of sp³-hybridized carbons (Fsp3) is 0.444. The number of hydrogen-bond donors (Lipinski definition) is 2. The van der Waals surface area contributed by atoms with Crippen molar-refractivity contribution >= 4 is 16.8 Å². The molecule has 3 N–H and O–H groups in total. The highest BCUT2D eigenvalue weighted by molar-refractivity contribution is 5.87. The molecule has 1 aliphatic rings. The Hall–Kier alpha value is -2.59. The van der Waals surface area contributed by atoms with E-state index in [9.17, 15) is 4.79 Å². The Balaban J connectivity index is 1.68. The molecule has 164 valence electrons. The molecule has 1 saturated carbocycles. The van der Waals surface area contributed by atoms with Crippen LogP contribution in [0.25, 0.3) is 10.9 Å². The third-order valence-electron chi connectivity index (χ3n) is 6.67. The summed E-state index contributed by atoms with van der Waals surface area (Å²) in [4.78, 5) is 13.2. The zero-order valence-electron chi connectivity index (χ0n) is 19.0. The van der Waals surface area contributed by atoms with Crippen LogP contribution in [0.3, 0.4) is 0 Å². The first-order chi connectivity index (χ1) is 14.9. The Morgan fingerprint density at radius 1 is 1.10 bits per heavy atom. The van der Waals surface area contributed by atoms with Crippen molar-refractivity contribution in [3.8, 4) is 0 Å². The maximum Gasteiger partial charge on any atom is 0.221 e. The summed E-state index contributed by atoms with van der Waals surface area (Å²) in [5.74, 6) is 0.156. The number of carbonyl (C=O) groups excluding carboxylic acids is 1. The van der Waals surface area contributed by atoms with Crippen LogP contribution in [-0.2, 0) is 4.79 Å². The SMILES string of the molecule is Cc1cccc(C(CC(=O)N[C@H]2CC[C@H](N)CC2)c2cn(C(C)C)c3ccccc23)c1. The van der Waals surface area contributed by atoms with E-state index in [4.69, 9.17) is 5.73 Å². The molecular weight excluding hydrogens is 382 g/mol. The Bertz CT molecular complexity index is 1040. The van der Waals surface area contributed by atoms with Crippen molar-refractivity contribution in [2.45, 2.75) is 76.9 Å². The van der Waals surface area contributed by atoms with Crippen LogP contribution in [0.2, 0.25) is 0 Å². The lowest BCUT2D eigenvalue weighted by Crippen LogP contribution is -2.40. The van der Waals surface area contributed by atoms with Crippen molar-refractivity contribution in [3.05, 3.63) is 71.4 Å². The van der Waals surface area contributed by atoms with E-state index in [1.165, 1.54) is 27.6 Å². The fourth-order valence-corrected chi connectivity index (χ4v) is 4.97. The molecule has 1 amide bonds. The maximum absolute atomic E-state index is 13.2. The number of hydrogen-bond acceptors (Lipinski definition) is 2. The monoisotopic (exact) mass is 417 g/mol. The van der Waals surface area contributed by atoms with Crippen LogP contribution in [0.4, 0.5) is 0 Å². The van der Waals surface area contributed by atoms with Gasteiger partial charge in [0.2, 0.25) is 5.91 Å². The summed E-state index contributed by atoms with van der Waals surface area (Å²) in [5, 5.41) is 4.54. The van der Waals surface area contributed by atoms with Gasteiger partial charge < -0.3 is 15.6 Å². The molecule has 1 heterocycles. The summed E-state index contributed by atoms with van der Waals surface area (Å²) in [7, 11) is 0. The number of nitrogens with two attached hydrogens (primary N) is 1. The minimum absolute atomic E-state index is 0.0237. The van der Waals surface area contributed by atoms with E-state index in [1.807, 2.05) is 0 Å². The highest BCUT2D eigenvalue weighted by Gasteiger charge is 2.26. The first kappa shape index (κ1) is 21.6. The maximum atomic E-state index is 13.2. The number of fused-ring (bicyclic) bond motifs is 1. The van der Waals surface area contributed by atoms with Crippen molar-refractivity contribution in [2.24, 2.45) is 5.73 Å². The molecule has 0 bridgehead atoms. The van der Waals surface area contributed by atoms with Crippen LogP contribution < -0.4 is 11.1 Å². The number of nitrogens with one attached hydrogen (secondary N) is 1. The van der Waals surface area contributed by atoms with Crippen LogP contribution in [0, 0.1) is 6.92 Å². The minimum atomic E-state index is 0.0237. The topological polar surface area (TPSA) is 60.1 Å². The highest BCUT2D eigenvalue weighted by atomic mass is 16.1. The average Bonchev–Trinajstić information content (AvgIpc) is 3.13. The summed E-state index contributed by atoms with van der Waals surface area (Å²) in [6.07, 6.45) is 6.67. The smallest absolute Gasteiger partial charge is 0.221 e. The van der Waals surface area contributed by atoms with E-state index in [0.29, 0.717) is 12.5 Å². The van der Waals surface area contributed by atoms with Gasteiger partial charge in [0, 0.05) is 47.6 Å². The van der Waals surface area contributed by atoms with E-state index >= 15 is 0 Å². The van der Waals surface area contributed by atoms with Gasteiger partial charge in [-0.3, -0.25) is 4.79 Å². The van der Waals surface area contributed by atoms with E-state index < -0.39 is 0 Å². The zero-order chi connectivity index (χ0) is 22.0. The molecule has 1 aliphatic carbocycles. The van der Waals surface area contributed by atoms with Crippen molar-refractivity contribution < 1.29 is 4.79 Å². The molecule has 3 aromatic rings. The van der Waals surface area contributed by atoms with Crippen LogP contribution in [0.1, 0.15) is 74.6 Å². The summed E-state index contributed by atoms with van der Waals surface area (Å²) in [6, 6.07) is 18.0. The third-order valence-corrected chi connectivity index (χ3v) is 6.67. The lowest BCUT2D eigenvalue weighted by molar-refractivity contribution is -0.122. The molecule has 4 rings (SSSR count). The molecular formula is C27H35N3O. The Morgan fingerprint density at radius 2 is 1.84 bits per heavy atom. The van der Waals surface area contributed by atoms with Gasteiger partial charge in [0.15, 0.2) is 0 Å². The number of aromatic nitrogens is 1. The van der Waals surface area contributed by atoms with Gasteiger partial charge in [-0.15, -0.1) is 0 Å². The number of carbonyl (C=O) groups is 1. The Morgan fingerprint density at radius 3 is 2.55 bits per heavy atom. The normalized spacial score (nSPS) is 20.2. The average molecular weight is 418 g/mol. The first-order valence-electron chi connectivity index (χ1n) is 11.6. The van der Waals surface area contributed by atoms with Crippen molar-refractivity contribution in [1.29, 1.82) is 0 Å². The van der Waals surface area contributed by atoms with Gasteiger partial charge in [-0.2, -0.15) is 0 Å². The fourth-order valence-electron chi connectivity index (χ4n) is 4.97. The minimum Gasteiger partial charge on any atom is -0.353 e. The second-order valence-corrected chi connectivity index (χ2v) is 9.45. The molecule has 31 heavy (non-hydrogen) atoms. The van der Waals surface area contributed by atoms with E-state index in [0.717, 1.165) is 25.7 Å². The summed E-state index contributed by atoms with van der Waals surface area (Å²) in [6.45, 7) is 6.53. The molecule has 2 aromatic carbocycles. The zero-order valence-corrected chi connectivity index (χ0v) is 19.0. The lowest BCUT2D eigenvalue weighted by atomic mass is 9.86. The molecule has 1 unspecified atom stereocenters. The van der Waals surface area contributed by atoms with Gasteiger partial charge in [0.25, 0.3) is 0 Å². The largest absolute Gasteiger partial charge is 0.353 e. The molecule has 0 saturated heterocycles. The molecule has 0 spiro atoms. The number of para-hydroxylation sites is 1. The van der Waals surface area contributed by atoms with Gasteiger partial charge in [0.05, 0.1) is 0 Å². The van der Waals surface area contributed by atoms with Crippen molar-refractivity contribution in [1.82, 2.24) is 9.88 Å². The number of rotatable bonds is 6. The van der Waals surface area contributed by atoms with Crippen LogP contribution in [-0.4, -0.2) is 22.6 Å². The van der Waals surface area contributed by atoms with Crippen molar-refractivity contribution in [2.75, 3.05) is 0 Å². The van der Waals surface area contributed by atoms with Crippen LogP contribution >= 0.6 is 0 Å². The summed E-state index contributed by atoms with van der Waals surface area (Å²) >= 11 is 0. The summed E-state index contributed by atoms with van der Waals surface area (Å²) in [5.41, 5.74) is 10.9. The molecule has 0 aliphatic heterocycles. The highest BCUT2D eigenvalue weighted by Crippen LogP contribution is 2.36. The molecule has 4 heteroatoms. The number of aryl methyl sites for hydroxylation is 1. The first-order valence-corrected chi connectivity index (χ1v) is 11.6. The Labute approximate surface area is 185 Å². The van der Waals surface area contributed by atoms with Gasteiger partial charge in [-0.05, 0) is 63.6 Å². The number of benzene rings is 2. The number of nitrogens with zero attached hydrogens (tertiary/aromatic N) is 1. The van der Waals surface area contributed by atoms with E-state index in [2.05, 4.69) is 85.4 Å². The molecule has 0 radical (unpaired) electrons. The van der Waals surface area contributed by atoms with Crippen molar-refractivity contribution in [3.63, 3.8) is 0 Å². The predicted octanol–water partition coefficient (Wildman–Crippen LogP) is 5.44.